The van der Waals surface area contributed by atoms with Gasteiger partial charge in [-0.2, -0.15) is 18.3 Å². The number of anilines is 1. The van der Waals surface area contributed by atoms with Gasteiger partial charge in [-0.25, -0.2) is 0 Å². The van der Waals surface area contributed by atoms with Crippen molar-refractivity contribution in [2.24, 2.45) is 5.10 Å². The van der Waals surface area contributed by atoms with Gasteiger partial charge in [-0.05, 0) is 35.9 Å². The van der Waals surface area contributed by atoms with Crippen molar-refractivity contribution < 1.29 is 13.2 Å². The molecule has 0 fully saturated rings. The van der Waals surface area contributed by atoms with Gasteiger partial charge in [-0.3, -0.25) is 10.4 Å². The molecular formula is C17H11ClF3N3. The summed E-state index contributed by atoms with van der Waals surface area (Å²) in [6, 6.07) is 12.2. The Hall–Kier alpha value is -2.60. The molecule has 0 atom stereocenters. The van der Waals surface area contributed by atoms with E-state index in [9.17, 15) is 13.2 Å². The number of fused-ring (bicyclic) bond motifs is 1. The molecule has 0 radical (unpaired) electrons. The van der Waals surface area contributed by atoms with Crippen LogP contribution in [0.2, 0.25) is 5.02 Å². The quantitative estimate of drug-likeness (QED) is 0.511. The first-order valence-electron chi connectivity index (χ1n) is 6.94. The van der Waals surface area contributed by atoms with Gasteiger partial charge < -0.3 is 0 Å². The summed E-state index contributed by atoms with van der Waals surface area (Å²) in [5, 5.41) is 5.23. The molecule has 1 aromatic heterocycles. The van der Waals surface area contributed by atoms with Crippen LogP contribution in [0.1, 0.15) is 11.1 Å². The predicted molar refractivity (Wildman–Crippen MR) is 89.4 cm³/mol. The van der Waals surface area contributed by atoms with Crippen molar-refractivity contribution in [3.8, 4) is 0 Å². The molecule has 0 saturated heterocycles. The molecule has 3 nitrogen and oxygen atoms in total. The van der Waals surface area contributed by atoms with E-state index in [0.717, 1.165) is 17.7 Å². The van der Waals surface area contributed by atoms with Crippen molar-refractivity contribution in [1.29, 1.82) is 0 Å². The Bertz CT molecular complexity index is 907. The Morgan fingerprint density at radius 3 is 2.67 bits per heavy atom. The first-order chi connectivity index (χ1) is 11.4. The standard InChI is InChI=1S/C17H11ClF3N3/c18-13-3-1-2-11(8-13)10-23-24-15-6-7-22-16-9-12(17(19,20)21)4-5-14(15)16/h1-10H,(H,22,24)/b23-10+. The molecule has 0 amide bonds. The van der Waals surface area contributed by atoms with Gasteiger partial charge in [0.05, 0.1) is 23.0 Å². The average molecular weight is 350 g/mol. The lowest BCUT2D eigenvalue weighted by Gasteiger charge is -2.09. The summed E-state index contributed by atoms with van der Waals surface area (Å²) < 4.78 is 38.3. The summed E-state index contributed by atoms with van der Waals surface area (Å²) in [5.74, 6) is 0. The monoisotopic (exact) mass is 349 g/mol. The summed E-state index contributed by atoms with van der Waals surface area (Å²) in [5.41, 5.74) is 3.69. The van der Waals surface area contributed by atoms with Crippen LogP contribution in [-0.2, 0) is 6.18 Å². The highest BCUT2D eigenvalue weighted by molar-refractivity contribution is 6.30. The van der Waals surface area contributed by atoms with E-state index < -0.39 is 11.7 Å². The van der Waals surface area contributed by atoms with Crippen molar-refractivity contribution in [2.75, 3.05) is 5.43 Å². The van der Waals surface area contributed by atoms with E-state index in [0.29, 0.717) is 16.1 Å². The largest absolute Gasteiger partial charge is 0.416 e. The predicted octanol–water partition coefficient (Wildman–Crippen LogP) is 5.35. The maximum atomic E-state index is 12.8. The average Bonchev–Trinajstić information content (AvgIpc) is 2.54. The highest BCUT2D eigenvalue weighted by Gasteiger charge is 2.30. The van der Waals surface area contributed by atoms with Gasteiger partial charge in [0.1, 0.15) is 0 Å². The molecule has 24 heavy (non-hydrogen) atoms. The van der Waals surface area contributed by atoms with Crippen LogP contribution in [-0.4, -0.2) is 11.2 Å². The lowest BCUT2D eigenvalue weighted by Crippen LogP contribution is -2.04. The van der Waals surface area contributed by atoms with Gasteiger partial charge in [0.25, 0.3) is 0 Å². The van der Waals surface area contributed by atoms with E-state index in [1.807, 2.05) is 6.07 Å². The van der Waals surface area contributed by atoms with Gasteiger partial charge in [0, 0.05) is 16.6 Å². The number of nitrogens with zero attached hydrogens (tertiary/aromatic N) is 2. The van der Waals surface area contributed by atoms with E-state index in [2.05, 4.69) is 15.5 Å². The molecule has 1 N–H and O–H groups in total. The number of hydrogen-bond donors (Lipinski definition) is 1. The van der Waals surface area contributed by atoms with Crippen LogP contribution in [0.15, 0.2) is 59.8 Å². The minimum atomic E-state index is -4.40. The molecule has 0 aliphatic carbocycles. The zero-order valence-electron chi connectivity index (χ0n) is 12.2. The normalized spacial score (nSPS) is 12.0. The Labute approximate surface area is 140 Å². The Morgan fingerprint density at radius 1 is 1.08 bits per heavy atom. The number of pyridine rings is 1. The number of rotatable bonds is 3. The lowest BCUT2D eigenvalue weighted by atomic mass is 10.1. The van der Waals surface area contributed by atoms with Crippen LogP contribution < -0.4 is 5.43 Å². The third kappa shape index (κ3) is 3.65. The maximum Gasteiger partial charge on any atom is 0.416 e. The number of nitrogens with one attached hydrogen (secondary N) is 1. The van der Waals surface area contributed by atoms with Crippen molar-refractivity contribution in [1.82, 2.24) is 4.98 Å². The Morgan fingerprint density at radius 2 is 1.92 bits per heavy atom. The zero-order valence-corrected chi connectivity index (χ0v) is 12.9. The first-order valence-corrected chi connectivity index (χ1v) is 7.32. The summed E-state index contributed by atoms with van der Waals surface area (Å²) in [6.07, 6.45) is -1.40. The van der Waals surface area contributed by atoms with Crippen LogP contribution in [0, 0.1) is 0 Å². The smallest absolute Gasteiger partial charge is 0.278 e. The van der Waals surface area contributed by atoms with Crippen LogP contribution in [0.5, 0.6) is 0 Å². The molecule has 0 unspecified atom stereocenters. The topological polar surface area (TPSA) is 37.3 Å². The summed E-state index contributed by atoms with van der Waals surface area (Å²) >= 11 is 5.89. The van der Waals surface area contributed by atoms with Gasteiger partial charge >= 0.3 is 6.18 Å². The first kappa shape index (κ1) is 16.3. The van der Waals surface area contributed by atoms with E-state index in [-0.39, 0.29) is 5.52 Å². The minimum absolute atomic E-state index is 0.243. The van der Waals surface area contributed by atoms with E-state index in [4.69, 9.17) is 11.6 Å². The second kappa shape index (κ2) is 6.49. The molecule has 1 heterocycles. The fraction of sp³-hybridized carbons (Fsp3) is 0.0588. The molecule has 0 aliphatic heterocycles. The fourth-order valence-electron chi connectivity index (χ4n) is 2.19. The van der Waals surface area contributed by atoms with Crippen molar-refractivity contribution in [3.05, 3.63) is 70.9 Å². The highest BCUT2D eigenvalue weighted by atomic mass is 35.5. The van der Waals surface area contributed by atoms with E-state index >= 15 is 0 Å². The molecule has 0 spiro atoms. The molecule has 0 aliphatic rings. The number of hydrazone groups is 1. The number of hydrogen-bond acceptors (Lipinski definition) is 3. The molecule has 0 saturated carbocycles. The third-order valence-corrected chi connectivity index (χ3v) is 3.55. The molecule has 7 heteroatoms. The minimum Gasteiger partial charge on any atom is -0.278 e. The van der Waals surface area contributed by atoms with Gasteiger partial charge in [-0.15, -0.1) is 0 Å². The number of benzene rings is 2. The van der Waals surface area contributed by atoms with Crippen molar-refractivity contribution >= 4 is 34.4 Å². The SMILES string of the molecule is FC(F)(F)c1ccc2c(N/N=C/c3cccc(Cl)c3)ccnc2c1. The second-order valence-electron chi connectivity index (χ2n) is 5.01. The van der Waals surface area contributed by atoms with Gasteiger partial charge in [0.2, 0.25) is 0 Å². The van der Waals surface area contributed by atoms with Crippen molar-refractivity contribution in [3.63, 3.8) is 0 Å². The van der Waals surface area contributed by atoms with Crippen LogP contribution in [0.25, 0.3) is 10.9 Å². The number of halogens is 4. The lowest BCUT2D eigenvalue weighted by molar-refractivity contribution is -0.137. The maximum absolute atomic E-state index is 12.8. The molecular weight excluding hydrogens is 339 g/mol. The molecule has 3 rings (SSSR count). The zero-order chi connectivity index (χ0) is 17.2. The fourth-order valence-corrected chi connectivity index (χ4v) is 2.38. The van der Waals surface area contributed by atoms with Gasteiger partial charge in [-0.1, -0.05) is 29.8 Å². The van der Waals surface area contributed by atoms with E-state index in [1.54, 1.807) is 30.5 Å². The van der Waals surface area contributed by atoms with Crippen LogP contribution in [0.4, 0.5) is 18.9 Å². The van der Waals surface area contributed by atoms with E-state index in [1.165, 1.54) is 12.3 Å². The highest BCUT2D eigenvalue weighted by Crippen LogP contribution is 2.32. The second-order valence-corrected chi connectivity index (χ2v) is 5.45. The summed E-state index contributed by atoms with van der Waals surface area (Å²) in [4.78, 5) is 3.98. The molecule has 122 valence electrons. The van der Waals surface area contributed by atoms with Crippen LogP contribution in [0.3, 0.4) is 0 Å². The number of alkyl halides is 3. The van der Waals surface area contributed by atoms with Crippen molar-refractivity contribution in [2.45, 2.75) is 6.18 Å². The van der Waals surface area contributed by atoms with Gasteiger partial charge in [0.15, 0.2) is 0 Å². The molecule has 2 aromatic carbocycles. The third-order valence-electron chi connectivity index (χ3n) is 3.32. The number of aromatic nitrogens is 1. The Balaban J connectivity index is 1.87. The van der Waals surface area contributed by atoms with Crippen LogP contribution >= 0.6 is 11.6 Å². The summed E-state index contributed by atoms with van der Waals surface area (Å²) in [6.45, 7) is 0. The molecule has 3 aromatic rings. The Kier molecular flexibility index (Phi) is 4.40. The molecule has 0 bridgehead atoms. The summed E-state index contributed by atoms with van der Waals surface area (Å²) in [7, 11) is 0.